The summed E-state index contributed by atoms with van der Waals surface area (Å²) in [6, 6.07) is 8.24. The summed E-state index contributed by atoms with van der Waals surface area (Å²) in [7, 11) is 1.73. The van der Waals surface area contributed by atoms with Crippen molar-refractivity contribution < 1.29 is 4.74 Å². The quantitative estimate of drug-likeness (QED) is 0.813. The zero-order valence-corrected chi connectivity index (χ0v) is 10.7. The van der Waals surface area contributed by atoms with Crippen molar-refractivity contribution in [3.8, 4) is 5.75 Å². The first-order valence-electron chi connectivity index (χ1n) is 6.64. The lowest BCUT2D eigenvalue weighted by atomic mass is 9.84. The summed E-state index contributed by atoms with van der Waals surface area (Å²) in [6.45, 7) is 0. The fourth-order valence-electron chi connectivity index (χ4n) is 2.84. The van der Waals surface area contributed by atoms with E-state index in [0.29, 0.717) is 0 Å². The highest BCUT2D eigenvalue weighted by molar-refractivity contribution is 5.34. The van der Waals surface area contributed by atoms with Crippen LogP contribution in [0.1, 0.15) is 44.1 Å². The molecule has 0 heterocycles. The molecule has 0 unspecified atom stereocenters. The van der Waals surface area contributed by atoms with E-state index in [4.69, 9.17) is 10.5 Å². The maximum Gasteiger partial charge on any atom is 0.122 e. The molecule has 0 aliphatic heterocycles. The fourth-order valence-corrected chi connectivity index (χ4v) is 2.84. The highest BCUT2D eigenvalue weighted by Crippen LogP contribution is 2.30. The summed E-state index contributed by atoms with van der Waals surface area (Å²) in [5.41, 5.74) is 7.79. The summed E-state index contributed by atoms with van der Waals surface area (Å²) >= 11 is 0. The molecule has 2 nitrogen and oxygen atoms in total. The summed E-state index contributed by atoms with van der Waals surface area (Å²) in [4.78, 5) is 0. The van der Waals surface area contributed by atoms with Crippen LogP contribution in [0.15, 0.2) is 24.3 Å². The van der Waals surface area contributed by atoms with E-state index in [1.54, 1.807) is 7.11 Å². The summed E-state index contributed by atoms with van der Waals surface area (Å²) in [5.74, 6) is 0.974. The molecule has 94 valence electrons. The van der Waals surface area contributed by atoms with Crippen molar-refractivity contribution in [2.45, 2.75) is 50.5 Å². The number of methoxy groups -OCH3 is 1. The van der Waals surface area contributed by atoms with Crippen LogP contribution in [0, 0.1) is 0 Å². The van der Waals surface area contributed by atoms with Crippen molar-refractivity contribution in [2.75, 3.05) is 7.11 Å². The molecule has 1 saturated carbocycles. The largest absolute Gasteiger partial charge is 0.496 e. The van der Waals surface area contributed by atoms with Gasteiger partial charge in [-0.05, 0) is 30.9 Å². The molecule has 0 aromatic heterocycles. The number of para-hydroxylation sites is 1. The molecule has 17 heavy (non-hydrogen) atoms. The molecule has 2 rings (SSSR count). The van der Waals surface area contributed by atoms with Gasteiger partial charge in [0, 0.05) is 5.54 Å². The molecule has 1 aliphatic rings. The van der Waals surface area contributed by atoms with Crippen LogP contribution in [0.3, 0.4) is 0 Å². The van der Waals surface area contributed by atoms with Gasteiger partial charge in [0.1, 0.15) is 5.75 Å². The van der Waals surface area contributed by atoms with Crippen molar-refractivity contribution in [1.29, 1.82) is 0 Å². The molecule has 1 fully saturated rings. The van der Waals surface area contributed by atoms with E-state index < -0.39 is 0 Å². The lowest BCUT2D eigenvalue weighted by Gasteiger charge is -2.28. The molecule has 2 N–H and O–H groups in total. The van der Waals surface area contributed by atoms with E-state index in [-0.39, 0.29) is 5.54 Å². The Balaban J connectivity index is 2.12. The van der Waals surface area contributed by atoms with Crippen molar-refractivity contribution in [1.82, 2.24) is 0 Å². The maximum absolute atomic E-state index is 6.56. The van der Waals surface area contributed by atoms with Gasteiger partial charge in [0.25, 0.3) is 0 Å². The maximum atomic E-state index is 6.56. The van der Waals surface area contributed by atoms with Crippen molar-refractivity contribution in [3.63, 3.8) is 0 Å². The first-order chi connectivity index (χ1) is 8.23. The Morgan fingerprint density at radius 2 is 1.76 bits per heavy atom. The Morgan fingerprint density at radius 3 is 2.41 bits per heavy atom. The molecule has 1 aromatic carbocycles. The summed E-state index contributed by atoms with van der Waals surface area (Å²) in [6.07, 6.45) is 8.44. The third kappa shape index (κ3) is 3.22. The molecule has 0 spiro atoms. The van der Waals surface area contributed by atoms with Gasteiger partial charge in [0.15, 0.2) is 0 Å². The number of rotatable bonds is 3. The van der Waals surface area contributed by atoms with Crippen LogP contribution in [0.4, 0.5) is 0 Å². The number of nitrogens with two attached hydrogens (primary N) is 1. The van der Waals surface area contributed by atoms with Crippen molar-refractivity contribution in [2.24, 2.45) is 5.73 Å². The minimum Gasteiger partial charge on any atom is -0.496 e. The predicted molar refractivity (Wildman–Crippen MR) is 71.3 cm³/mol. The monoisotopic (exact) mass is 233 g/mol. The Kier molecular flexibility index (Phi) is 4.06. The standard InChI is InChI=1S/C15H23NO/c1-17-14-9-5-4-8-13(14)12-15(16)10-6-2-3-7-11-15/h4-5,8-9H,2-3,6-7,10-12,16H2,1H3. The number of hydrogen-bond donors (Lipinski definition) is 1. The van der Waals surface area contributed by atoms with Gasteiger partial charge in [-0.3, -0.25) is 0 Å². The van der Waals surface area contributed by atoms with Gasteiger partial charge in [0.2, 0.25) is 0 Å². The van der Waals surface area contributed by atoms with E-state index in [2.05, 4.69) is 12.1 Å². The second kappa shape index (κ2) is 5.54. The van der Waals surface area contributed by atoms with E-state index in [1.807, 2.05) is 12.1 Å². The minimum atomic E-state index is -0.0227. The van der Waals surface area contributed by atoms with Gasteiger partial charge >= 0.3 is 0 Å². The summed E-state index contributed by atoms with van der Waals surface area (Å²) < 4.78 is 5.41. The third-order valence-electron chi connectivity index (χ3n) is 3.83. The molecule has 0 bridgehead atoms. The smallest absolute Gasteiger partial charge is 0.122 e. The minimum absolute atomic E-state index is 0.0227. The molecular formula is C15H23NO. The van der Waals surface area contributed by atoms with Crippen molar-refractivity contribution in [3.05, 3.63) is 29.8 Å². The Bertz CT molecular complexity index is 354. The SMILES string of the molecule is COc1ccccc1CC1(N)CCCCCC1. The molecule has 0 saturated heterocycles. The van der Waals surface area contributed by atoms with E-state index in [0.717, 1.165) is 25.0 Å². The summed E-state index contributed by atoms with van der Waals surface area (Å²) in [5, 5.41) is 0. The van der Waals surface area contributed by atoms with E-state index >= 15 is 0 Å². The third-order valence-corrected chi connectivity index (χ3v) is 3.83. The van der Waals surface area contributed by atoms with Crippen LogP contribution in [-0.2, 0) is 6.42 Å². The Labute approximate surface area is 104 Å². The number of ether oxygens (including phenoxy) is 1. The molecule has 2 heteroatoms. The lowest BCUT2D eigenvalue weighted by molar-refractivity contribution is 0.356. The Hall–Kier alpha value is -1.02. The predicted octanol–water partition coefficient (Wildman–Crippen LogP) is 3.29. The first kappa shape index (κ1) is 12.4. The van der Waals surface area contributed by atoms with E-state index in [9.17, 15) is 0 Å². The van der Waals surface area contributed by atoms with Gasteiger partial charge in [-0.1, -0.05) is 43.9 Å². The molecular weight excluding hydrogens is 210 g/mol. The topological polar surface area (TPSA) is 35.2 Å². The molecule has 0 amide bonds. The van der Waals surface area contributed by atoms with Gasteiger partial charge < -0.3 is 10.5 Å². The lowest BCUT2D eigenvalue weighted by Crippen LogP contribution is -2.41. The van der Waals surface area contributed by atoms with Crippen LogP contribution < -0.4 is 10.5 Å². The molecule has 1 aromatic rings. The van der Waals surface area contributed by atoms with Gasteiger partial charge in [-0.25, -0.2) is 0 Å². The number of benzene rings is 1. The molecule has 1 aliphatic carbocycles. The zero-order chi connectivity index (χ0) is 12.1. The second-order valence-electron chi connectivity index (χ2n) is 5.27. The van der Waals surface area contributed by atoms with Gasteiger partial charge in [0.05, 0.1) is 7.11 Å². The van der Waals surface area contributed by atoms with Crippen LogP contribution in [0.25, 0.3) is 0 Å². The van der Waals surface area contributed by atoms with E-state index in [1.165, 1.54) is 31.2 Å². The second-order valence-corrected chi connectivity index (χ2v) is 5.27. The van der Waals surface area contributed by atoms with Crippen LogP contribution >= 0.6 is 0 Å². The Morgan fingerprint density at radius 1 is 1.12 bits per heavy atom. The first-order valence-corrected chi connectivity index (χ1v) is 6.64. The number of hydrogen-bond acceptors (Lipinski definition) is 2. The fraction of sp³-hybridized carbons (Fsp3) is 0.600. The average Bonchev–Trinajstić information content (AvgIpc) is 2.55. The van der Waals surface area contributed by atoms with Crippen molar-refractivity contribution >= 4 is 0 Å². The van der Waals surface area contributed by atoms with Gasteiger partial charge in [-0.15, -0.1) is 0 Å². The van der Waals surface area contributed by atoms with Crippen LogP contribution in [0.5, 0.6) is 5.75 Å². The van der Waals surface area contributed by atoms with Crippen LogP contribution in [-0.4, -0.2) is 12.6 Å². The molecule has 0 atom stereocenters. The van der Waals surface area contributed by atoms with Crippen LogP contribution in [0.2, 0.25) is 0 Å². The molecule has 0 radical (unpaired) electrons. The van der Waals surface area contributed by atoms with Gasteiger partial charge in [-0.2, -0.15) is 0 Å². The zero-order valence-electron chi connectivity index (χ0n) is 10.7. The highest BCUT2D eigenvalue weighted by atomic mass is 16.5. The average molecular weight is 233 g/mol. The normalized spacial score (nSPS) is 19.6. The highest BCUT2D eigenvalue weighted by Gasteiger charge is 2.27.